The highest BCUT2D eigenvalue weighted by molar-refractivity contribution is 6.36. The number of aliphatic hydroxyl groups excluding tert-OH is 1. The van der Waals surface area contributed by atoms with Crippen LogP contribution in [0.1, 0.15) is 13.8 Å². The van der Waals surface area contributed by atoms with E-state index in [9.17, 15) is 9.90 Å². The molecule has 0 amide bonds. The summed E-state index contributed by atoms with van der Waals surface area (Å²) in [5.74, 6) is -0.824. The Hall–Kier alpha value is -1.45. The Bertz CT molecular complexity index is 254. The maximum Gasteiger partial charge on any atom is 0.420 e. The topological polar surface area (TPSA) is 82.9 Å². The first kappa shape index (κ1) is 11.6. The lowest BCUT2D eigenvalue weighted by molar-refractivity contribution is -0.141. The van der Waals surface area contributed by atoms with Crippen LogP contribution in [0.4, 0.5) is 0 Å². The van der Waals surface area contributed by atoms with Crippen LogP contribution in [0, 0.1) is 0 Å². The van der Waals surface area contributed by atoms with E-state index in [2.05, 4.69) is 9.53 Å². The summed E-state index contributed by atoms with van der Waals surface area (Å²) in [7, 11) is 0. The van der Waals surface area contributed by atoms with Crippen LogP contribution in [-0.4, -0.2) is 34.3 Å². The Morgan fingerprint density at radius 2 is 2.38 bits per heavy atom. The Balaban J connectivity index is 4.53. The second kappa shape index (κ2) is 6.11. The normalized spacial score (nSPS) is 12.2. The summed E-state index contributed by atoms with van der Waals surface area (Å²) < 4.78 is 4.54. The zero-order valence-electron chi connectivity index (χ0n) is 7.60. The van der Waals surface area contributed by atoms with Gasteiger partial charge in [-0.2, -0.15) is 4.79 Å². The van der Waals surface area contributed by atoms with Crippen molar-refractivity contribution < 1.29 is 19.4 Å². The number of carbonyl (C=O) groups is 1. The summed E-state index contributed by atoms with van der Waals surface area (Å²) in [6.07, 6.45) is 1.62. The van der Waals surface area contributed by atoms with Crippen molar-refractivity contribution in [1.29, 1.82) is 0 Å². The molecule has 5 nitrogen and oxygen atoms in total. The zero-order chi connectivity index (χ0) is 10.3. The van der Waals surface area contributed by atoms with Gasteiger partial charge in [-0.25, -0.2) is 4.79 Å². The first-order valence-electron chi connectivity index (χ1n) is 3.87. The second-order valence-corrected chi connectivity index (χ2v) is 2.18. The van der Waals surface area contributed by atoms with Crippen LogP contribution in [0.15, 0.2) is 12.2 Å². The Morgan fingerprint density at radius 3 is 2.77 bits per heavy atom. The van der Waals surface area contributed by atoms with Crippen LogP contribution in [-0.2, 0) is 9.53 Å². The fourth-order valence-corrected chi connectivity index (χ4v) is 0.699. The highest BCUT2D eigenvalue weighted by atomic mass is 16.5. The molecule has 0 aromatic carbocycles. The van der Waals surface area contributed by atoms with Crippen LogP contribution in [0.2, 0.25) is 0 Å². The fourth-order valence-electron chi connectivity index (χ4n) is 0.699. The number of hydrogen-bond acceptors (Lipinski definition) is 3. The number of esters is 1. The minimum absolute atomic E-state index is 0.167. The lowest BCUT2D eigenvalue weighted by Gasteiger charge is -1.99. The monoisotopic (exact) mass is 184 g/mol. The molecule has 0 fully saturated rings. The number of ether oxygens (including phenoxy) is 1. The standard InChI is InChI=1S/C8H12N2O3/c1-3-5-6(11)7(10-9)8(12)13-4-2/h3,5-6,11H,4H2,1-2H3/b5-3+/t6-/m1/s1. The van der Waals surface area contributed by atoms with Gasteiger partial charge < -0.3 is 15.4 Å². The summed E-state index contributed by atoms with van der Waals surface area (Å²) in [6, 6.07) is 0. The molecule has 0 spiro atoms. The molecule has 0 saturated carbocycles. The van der Waals surface area contributed by atoms with E-state index in [1.54, 1.807) is 13.8 Å². The largest absolute Gasteiger partial charge is 0.457 e. The third kappa shape index (κ3) is 3.64. The molecule has 0 aromatic rings. The lowest BCUT2D eigenvalue weighted by Crippen LogP contribution is -2.29. The SMILES string of the molecule is C/C=C/[C@@H](O)C(=[N+]=[N-])C(=O)OCC. The molecule has 0 aliphatic heterocycles. The van der Waals surface area contributed by atoms with Gasteiger partial charge in [-0.1, -0.05) is 6.08 Å². The quantitative estimate of drug-likeness (QED) is 0.222. The van der Waals surface area contributed by atoms with Crippen molar-refractivity contribution in [3.63, 3.8) is 0 Å². The summed E-state index contributed by atoms with van der Waals surface area (Å²) in [6.45, 7) is 3.46. The molecule has 5 heteroatoms. The van der Waals surface area contributed by atoms with Crippen molar-refractivity contribution in [2.24, 2.45) is 0 Å². The lowest BCUT2D eigenvalue weighted by atomic mass is 10.2. The molecule has 0 aliphatic rings. The maximum atomic E-state index is 11.0. The molecule has 1 N–H and O–H groups in total. The van der Waals surface area contributed by atoms with E-state index in [4.69, 9.17) is 5.53 Å². The number of hydrogen-bond donors (Lipinski definition) is 1. The van der Waals surface area contributed by atoms with Gasteiger partial charge in [0.15, 0.2) is 6.10 Å². The minimum Gasteiger partial charge on any atom is -0.457 e. The molecule has 1 atom stereocenters. The van der Waals surface area contributed by atoms with E-state index in [1.165, 1.54) is 12.2 Å². The molecule has 0 saturated heterocycles. The third-order valence-electron chi connectivity index (χ3n) is 1.25. The van der Waals surface area contributed by atoms with Crippen molar-refractivity contribution in [3.8, 4) is 0 Å². The van der Waals surface area contributed by atoms with E-state index < -0.39 is 17.8 Å². The van der Waals surface area contributed by atoms with Crippen LogP contribution in [0.5, 0.6) is 0 Å². The zero-order valence-corrected chi connectivity index (χ0v) is 7.60. The summed E-state index contributed by atoms with van der Waals surface area (Å²) >= 11 is 0. The van der Waals surface area contributed by atoms with Gasteiger partial charge in [-0.15, -0.1) is 0 Å². The maximum absolute atomic E-state index is 11.0. The molecule has 13 heavy (non-hydrogen) atoms. The molecule has 0 aliphatic carbocycles. The highest BCUT2D eigenvalue weighted by Gasteiger charge is 2.28. The van der Waals surface area contributed by atoms with Crippen molar-refractivity contribution in [2.75, 3.05) is 6.61 Å². The third-order valence-corrected chi connectivity index (χ3v) is 1.25. The first-order chi connectivity index (χ1) is 6.17. The summed E-state index contributed by atoms with van der Waals surface area (Å²) in [5.41, 5.74) is 8.00. The molecule has 0 radical (unpaired) electrons. The van der Waals surface area contributed by atoms with E-state index in [0.29, 0.717) is 0 Å². The second-order valence-electron chi connectivity index (χ2n) is 2.18. The summed E-state index contributed by atoms with van der Waals surface area (Å²) in [4.78, 5) is 13.6. The van der Waals surface area contributed by atoms with E-state index in [-0.39, 0.29) is 6.61 Å². The van der Waals surface area contributed by atoms with Gasteiger partial charge in [0.2, 0.25) is 0 Å². The number of carbonyl (C=O) groups excluding carboxylic acids is 1. The molecule has 72 valence electrons. The predicted octanol–water partition coefficient (Wildman–Crippen LogP) is 0.157. The van der Waals surface area contributed by atoms with Gasteiger partial charge in [-0.05, 0) is 19.9 Å². The van der Waals surface area contributed by atoms with Crippen LogP contribution < -0.4 is 0 Å². The van der Waals surface area contributed by atoms with Gasteiger partial charge in [0.1, 0.15) is 0 Å². The Labute approximate surface area is 76.3 Å². The van der Waals surface area contributed by atoms with E-state index in [1.807, 2.05) is 0 Å². The van der Waals surface area contributed by atoms with Crippen molar-refractivity contribution in [1.82, 2.24) is 0 Å². The molecule has 0 unspecified atom stereocenters. The van der Waals surface area contributed by atoms with E-state index >= 15 is 0 Å². The van der Waals surface area contributed by atoms with Gasteiger partial charge in [0.25, 0.3) is 0 Å². The molecular formula is C8H12N2O3. The predicted molar refractivity (Wildman–Crippen MR) is 46.1 cm³/mol. The van der Waals surface area contributed by atoms with Crippen LogP contribution >= 0.6 is 0 Å². The molecule has 0 aromatic heterocycles. The molecular weight excluding hydrogens is 172 g/mol. The van der Waals surface area contributed by atoms with Gasteiger partial charge in [0, 0.05) is 0 Å². The smallest absolute Gasteiger partial charge is 0.420 e. The van der Waals surface area contributed by atoms with Crippen LogP contribution in [0.3, 0.4) is 0 Å². The Kier molecular flexibility index (Phi) is 5.43. The van der Waals surface area contributed by atoms with Crippen molar-refractivity contribution in [3.05, 3.63) is 17.7 Å². The minimum atomic E-state index is -1.23. The number of rotatable bonds is 4. The number of nitrogens with zero attached hydrogens (tertiary/aromatic N) is 2. The van der Waals surface area contributed by atoms with Crippen molar-refractivity contribution in [2.45, 2.75) is 20.0 Å². The molecule has 0 rings (SSSR count). The summed E-state index contributed by atoms with van der Waals surface area (Å²) in [5, 5.41) is 9.23. The number of aliphatic hydroxyl groups is 1. The fraction of sp³-hybridized carbons (Fsp3) is 0.500. The van der Waals surface area contributed by atoms with Gasteiger partial charge >= 0.3 is 11.7 Å². The van der Waals surface area contributed by atoms with Gasteiger partial charge in [0.05, 0.1) is 6.61 Å². The van der Waals surface area contributed by atoms with Gasteiger partial charge in [-0.3, -0.25) is 0 Å². The van der Waals surface area contributed by atoms with Crippen LogP contribution in [0.25, 0.3) is 5.53 Å². The van der Waals surface area contributed by atoms with Crippen molar-refractivity contribution >= 4 is 11.7 Å². The highest BCUT2D eigenvalue weighted by Crippen LogP contribution is 1.92. The molecule has 0 heterocycles. The van der Waals surface area contributed by atoms with E-state index in [0.717, 1.165) is 0 Å². The number of allylic oxidation sites excluding steroid dienone is 1. The average molecular weight is 184 g/mol. The average Bonchev–Trinajstić information content (AvgIpc) is 2.06. The first-order valence-corrected chi connectivity index (χ1v) is 3.87. The molecule has 0 bridgehead atoms. The Morgan fingerprint density at radius 1 is 1.77 bits per heavy atom.